The minimum atomic E-state index is -0.692. The molecule has 0 aliphatic carbocycles. The van der Waals surface area contributed by atoms with Gasteiger partial charge in [0.05, 0.1) is 26.2 Å². The third kappa shape index (κ3) is 7.24. The van der Waals surface area contributed by atoms with Crippen molar-refractivity contribution in [2.75, 3.05) is 26.9 Å². The minimum absolute atomic E-state index is 0.0558. The molecular weight excluding hydrogens is 152 g/mol. The summed E-state index contributed by atoms with van der Waals surface area (Å²) < 4.78 is 9.59. The van der Waals surface area contributed by atoms with Gasteiger partial charge in [0.15, 0.2) is 0 Å². The molecule has 0 saturated carbocycles. The van der Waals surface area contributed by atoms with Crippen LogP contribution in [0.2, 0.25) is 0 Å². The van der Waals surface area contributed by atoms with Crippen molar-refractivity contribution in [3.63, 3.8) is 0 Å². The Bertz CT molecular complexity index is 103. The number of methoxy groups -OCH3 is 1. The molecule has 0 aliphatic rings. The van der Waals surface area contributed by atoms with Crippen LogP contribution in [0.4, 0.5) is 0 Å². The van der Waals surface area contributed by atoms with E-state index in [0.29, 0.717) is 13.2 Å². The molecule has 0 heterocycles. The van der Waals surface area contributed by atoms with Gasteiger partial charge in [-0.1, -0.05) is 0 Å². The maximum atomic E-state index is 10.3. The van der Waals surface area contributed by atoms with Gasteiger partial charge in [0.25, 0.3) is 0 Å². The third-order valence-corrected chi connectivity index (χ3v) is 0.984. The summed E-state index contributed by atoms with van der Waals surface area (Å²) in [5.74, 6) is -0.692. The fourth-order valence-electron chi connectivity index (χ4n) is 0.445. The van der Waals surface area contributed by atoms with Crippen LogP contribution in [0.5, 0.6) is 0 Å². The van der Waals surface area contributed by atoms with Gasteiger partial charge in [0.2, 0.25) is 0 Å². The second kappa shape index (κ2) is 7.46. The number of carbonyl (C=O) groups is 1. The van der Waals surface area contributed by atoms with Crippen LogP contribution >= 0.6 is 0 Å². The Balaban J connectivity index is 2.95. The monoisotopic (exact) mass is 164 g/mol. The Morgan fingerprint density at radius 1 is 1.36 bits per heavy atom. The molecular formula is C6H12O5. The van der Waals surface area contributed by atoms with Crippen molar-refractivity contribution in [3.8, 4) is 0 Å². The summed E-state index contributed by atoms with van der Waals surface area (Å²) in [6.07, 6.45) is 0.0558. The van der Waals surface area contributed by atoms with E-state index in [9.17, 15) is 4.79 Å². The van der Waals surface area contributed by atoms with Gasteiger partial charge in [-0.3, -0.25) is 0 Å². The second-order valence-corrected chi connectivity index (χ2v) is 1.82. The first-order valence-electron chi connectivity index (χ1n) is 3.22. The Kier molecular flexibility index (Phi) is 7.02. The summed E-state index contributed by atoms with van der Waals surface area (Å²) >= 11 is 0. The van der Waals surface area contributed by atoms with Crippen molar-refractivity contribution in [1.29, 1.82) is 0 Å². The van der Waals surface area contributed by atoms with Gasteiger partial charge in [-0.05, 0) is 0 Å². The fraction of sp³-hybridized carbons (Fsp3) is 0.833. The highest BCUT2D eigenvalue weighted by Gasteiger charge is 2.00. The zero-order valence-electron chi connectivity index (χ0n) is 6.41. The van der Waals surface area contributed by atoms with Gasteiger partial charge in [-0.2, -0.15) is 5.26 Å². The normalized spacial score (nSPS) is 9.64. The van der Waals surface area contributed by atoms with Crippen LogP contribution in [0, 0.1) is 0 Å². The van der Waals surface area contributed by atoms with E-state index in [1.807, 2.05) is 0 Å². The lowest BCUT2D eigenvalue weighted by atomic mass is 10.5. The first kappa shape index (κ1) is 10.3. The Morgan fingerprint density at radius 3 is 2.64 bits per heavy atom. The molecule has 66 valence electrons. The quantitative estimate of drug-likeness (QED) is 0.341. The van der Waals surface area contributed by atoms with Crippen molar-refractivity contribution in [3.05, 3.63) is 0 Å². The topological polar surface area (TPSA) is 65.0 Å². The highest BCUT2D eigenvalue weighted by Crippen LogP contribution is 1.85. The standard InChI is InChI=1S/C6H12O5/c1-9-4-5-10-3-2-6(7)11-8/h8H,2-5H2,1H3. The smallest absolute Gasteiger partial charge is 0.344 e. The lowest BCUT2D eigenvalue weighted by Crippen LogP contribution is -2.08. The first-order valence-corrected chi connectivity index (χ1v) is 3.22. The van der Waals surface area contributed by atoms with Gasteiger partial charge in [-0.25, -0.2) is 4.79 Å². The molecule has 0 aromatic rings. The molecule has 0 aromatic heterocycles. The summed E-state index contributed by atoms with van der Waals surface area (Å²) in [5, 5.41) is 7.81. The molecule has 0 spiro atoms. The summed E-state index contributed by atoms with van der Waals surface area (Å²) in [6.45, 7) is 1.17. The lowest BCUT2D eigenvalue weighted by molar-refractivity contribution is -0.235. The number of rotatable bonds is 6. The van der Waals surface area contributed by atoms with Crippen LogP contribution in [0.25, 0.3) is 0 Å². The van der Waals surface area contributed by atoms with E-state index in [1.165, 1.54) is 0 Å². The van der Waals surface area contributed by atoms with E-state index in [1.54, 1.807) is 7.11 Å². The maximum absolute atomic E-state index is 10.3. The Hall–Kier alpha value is -0.650. The van der Waals surface area contributed by atoms with E-state index in [4.69, 9.17) is 9.99 Å². The molecule has 0 bridgehead atoms. The van der Waals surface area contributed by atoms with Crippen LogP contribution in [0.15, 0.2) is 0 Å². The number of hydrogen-bond donors (Lipinski definition) is 1. The molecule has 0 aromatic carbocycles. The van der Waals surface area contributed by atoms with Crippen LogP contribution in [-0.4, -0.2) is 38.2 Å². The van der Waals surface area contributed by atoms with Crippen molar-refractivity contribution in [2.45, 2.75) is 6.42 Å². The predicted molar refractivity (Wildman–Crippen MR) is 36.0 cm³/mol. The zero-order chi connectivity index (χ0) is 8.53. The van der Waals surface area contributed by atoms with Gasteiger partial charge in [0.1, 0.15) is 0 Å². The average molecular weight is 164 g/mol. The first-order chi connectivity index (χ1) is 5.31. The van der Waals surface area contributed by atoms with Crippen LogP contribution in [0.1, 0.15) is 6.42 Å². The number of ether oxygens (including phenoxy) is 2. The largest absolute Gasteiger partial charge is 0.382 e. The Labute approximate surface area is 64.8 Å². The molecule has 11 heavy (non-hydrogen) atoms. The lowest BCUT2D eigenvalue weighted by Gasteiger charge is -2.00. The van der Waals surface area contributed by atoms with E-state index in [0.717, 1.165) is 0 Å². The van der Waals surface area contributed by atoms with E-state index in [2.05, 4.69) is 9.62 Å². The Morgan fingerprint density at radius 2 is 2.09 bits per heavy atom. The molecule has 0 fully saturated rings. The molecule has 0 aliphatic heterocycles. The van der Waals surface area contributed by atoms with E-state index >= 15 is 0 Å². The molecule has 5 heteroatoms. The summed E-state index contributed by atoms with van der Waals surface area (Å²) in [5.41, 5.74) is 0. The molecule has 0 radical (unpaired) electrons. The van der Waals surface area contributed by atoms with Crippen LogP contribution in [-0.2, 0) is 19.2 Å². The molecule has 1 N–H and O–H groups in total. The highest BCUT2D eigenvalue weighted by molar-refractivity contribution is 5.68. The van der Waals surface area contributed by atoms with Gasteiger partial charge in [-0.15, -0.1) is 0 Å². The van der Waals surface area contributed by atoms with E-state index < -0.39 is 5.97 Å². The highest BCUT2D eigenvalue weighted by atomic mass is 17.1. The van der Waals surface area contributed by atoms with Crippen LogP contribution < -0.4 is 0 Å². The van der Waals surface area contributed by atoms with Crippen molar-refractivity contribution >= 4 is 5.97 Å². The van der Waals surface area contributed by atoms with Crippen LogP contribution in [0.3, 0.4) is 0 Å². The van der Waals surface area contributed by atoms with Gasteiger partial charge in [0, 0.05) is 7.11 Å². The third-order valence-electron chi connectivity index (χ3n) is 0.984. The predicted octanol–water partition coefficient (Wildman–Crippen LogP) is 0.0557. The van der Waals surface area contributed by atoms with E-state index in [-0.39, 0.29) is 13.0 Å². The zero-order valence-corrected chi connectivity index (χ0v) is 6.41. The summed E-state index contributed by atoms with van der Waals surface area (Å²) in [6, 6.07) is 0. The second-order valence-electron chi connectivity index (χ2n) is 1.82. The molecule has 0 unspecified atom stereocenters. The average Bonchev–Trinajstić information content (AvgIpc) is 2.04. The number of carbonyl (C=O) groups excluding carboxylic acids is 1. The summed E-state index contributed by atoms with van der Waals surface area (Å²) in [7, 11) is 1.56. The van der Waals surface area contributed by atoms with Crippen molar-refractivity contribution in [1.82, 2.24) is 0 Å². The molecule has 0 rings (SSSR count). The van der Waals surface area contributed by atoms with Gasteiger partial charge >= 0.3 is 5.97 Å². The number of hydrogen-bond acceptors (Lipinski definition) is 5. The molecule has 0 amide bonds. The minimum Gasteiger partial charge on any atom is -0.382 e. The maximum Gasteiger partial charge on any atom is 0.344 e. The van der Waals surface area contributed by atoms with Crippen molar-refractivity contribution < 1.29 is 24.4 Å². The molecule has 5 nitrogen and oxygen atoms in total. The fourth-order valence-corrected chi connectivity index (χ4v) is 0.445. The SMILES string of the molecule is COCCOCCC(=O)OO. The van der Waals surface area contributed by atoms with Gasteiger partial charge < -0.3 is 14.4 Å². The summed E-state index contributed by atoms with van der Waals surface area (Å²) in [4.78, 5) is 13.7. The van der Waals surface area contributed by atoms with Crippen molar-refractivity contribution in [2.24, 2.45) is 0 Å². The molecule has 0 saturated heterocycles. The molecule has 0 atom stereocenters.